The summed E-state index contributed by atoms with van der Waals surface area (Å²) < 4.78 is 27.4. The SMILES string of the molecule is O=C(c1nn(-c2ccc(CN3CCOCC3)cc2)c2c1CSc1c(F)cccc1-2)N1CCOCC1. The molecule has 1 amide bonds. The highest BCUT2D eigenvalue weighted by Crippen LogP contribution is 2.45. The summed E-state index contributed by atoms with van der Waals surface area (Å²) in [5.74, 6) is 0.171. The van der Waals surface area contributed by atoms with Gasteiger partial charge in [-0.1, -0.05) is 24.3 Å². The number of ether oxygens (including phenoxy) is 2. The topological polar surface area (TPSA) is 59.8 Å². The normalized spacial score (nSPS) is 18.3. The summed E-state index contributed by atoms with van der Waals surface area (Å²) in [6.45, 7) is 6.43. The van der Waals surface area contributed by atoms with Crippen LogP contribution in [0.5, 0.6) is 0 Å². The number of thioether (sulfide) groups is 1. The predicted molar refractivity (Wildman–Crippen MR) is 131 cm³/mol. The van der Waals surface area contributed by atoms with E-state index in [1.807, 2.05) is 22.9 Å². The molecule has 0 spiro atoms. The van der Waals surface area contributed by atoms with Gasteiger partial charge in [-0.3, -0.25) is 9.69 Å². The lowest BCUT2D eigenvalue weighted by atomic mass is 10.0. The second kappa shape index (κ2) is 9.73. The van der Waals surface area contributed by atoms with Crippen LogP contribution in [0.25, 0.3) is 16.9 Å². The van der Waals surface area contributed by atoms with Crippen LogP contribution in [0.2, 0.25) is 0 Å². The zero-order valence-corrected chi connectivity index (χ0v) is 20.2. The van der Waals surface area contributed by atoms with Crippen LogP contribution in [-0.4, -0.2) is 78.1 Å². The summed E-state index contributed by atoms with van der Waals surface area (Å²) in [6.07, 6.45) is 0. The van der Waals surface area contributed by atoms with Crippen LogP contribution in [0.15, 0.2) is 47.4 Å². The molecular weight excluding hydrogens is 467 g/mol. The Morgan fingerprint density at radius 3 is 2.43 bits per heavy atom. The highest BCUT2D eigenvalue weighted by molar-refractivity contribution is 7.98. The van der Waals surface area contributed by atoms with Crippen LogP contribution in [0.4, 0.5) is 4.39 Å². The van der Waals surface area contributed by atoms with E-state index in [-0.39, 0.29) is 11.7 Å². The molecule has 2 saturated heterocycles. The van der Waals surface area contributed by atoms with E-state index >= 15 is 0 Å². The molecule has 7 nitrogen and oxygen atoms in total. The number of carbonyl (C=O) groups excluding carboxylic acids is 1. The molecule has 0 radical (unpaired) electrons. The maximum atomic E-state index is 14.7. The third kappa shape index (κ3) is 4.38. The predicted octanol–water partition coefficient (Wildman–Crippen LogP) is 3.59. The fourth-order valence-corrected chi connectivity index (χ4v) is 5.97. The van der Waals surface area contributed by atoms with Crippen molar-refractivity contribution in [3.05, 3.63) is 65.1 Å². The highest BCUT2D eigenvalue weighted by atomic mass is 32.2. The van der Waals surface area contributed by atoms with Crippen LogP contribution in [0.1, 0.15) is 21.6 Å². The van der Waals surface area contributed by atoms with Crippen molar-refractivity contribution in [2.45, 2.75) is 17.2 Å². The van der Waals surface area contributed by atoms with Crippen molar-refractivity contribution in [1.82, 2.24) is 19.6 Å². The Hall–Kier alpha value is -2.72. The van der Waals surface area contributed by atoms with E-state index in [2.05, 4.69) is 17.0 Å². The molecule has 0 saturated carbocycles. The summed E-state index contributed by atoms with van der Waals surface area (Å²) in [7, 11) is 0. The maximum absolute atomic E-state index is 14.7. The van der Waals surface area contributed by atoms with Gasteiger partial charge in [0.25, 0.3) is 5.91 Å². The van der Waals surface area contributed by atoms with Gasteiger partial charge in [0.15, 0.2) is 5.69 Å². The number of rotatable bonds is 4. The number of aromatic nitrogens is 2. The van der Waals surface area contributed by atoms with E-state index < -0.39 is 0 Å². The molecule has 1 aromatic heterocycles. The van der Waals surface area contributed by atoms with Crippen LogP contribution in [0.3, 0.4) is 0 Å². The third-order valence-corrected chi connectivity index (χ3v) is 7.89. The molecule has 35 heavy (non-hydrogen) atoms. The van der Waals surface area contributed by atoms with Gasteiger partial charge in [0.1, 0.15) is 5.82 Å². The zero-order valence-electron chi connectivity index (χ0n) is 19.4. The number of hydrogen-bond donors (Lipinski definition) is 0. The van der Waals surface area contributed by atoms with Crippen molar-refractivity contribution in [3.63, 3.8) is 0 Å². The average Bonchev–Trinajstić information content (AvgIpc) is 3.30. The van der Waals surface area contributed by atoms with E-state index in [9.17, 15) is 9.18 Å². The van der Waals surface area contributed by atoms with Gasteiger partial charge in [-0.05, 0) is 23.8 Å². The Labute approximate surface area is 207 Å². The Morgan fingerprint density at radius 2 is 1.69 bits per heavy atom. The molecule has 0 aliphatic carbocycles. The van der Waals surface area contributed by atoms with Crippen molar-refractivity contribution in [1.29, 1.82) is 0 Å². The minimum Gasteiger partial charge on any atom is -0.379 e. The molecule has 3 aliphatic heterocycles. The fourth-order valence-electron chi connectivity index (χ4n) is 4.88. The number of carbonyl (C=O) groups is 1. The summed E-state index contributed by atoms with van der Waals surface area (Å²) in [6, 6.07) is 13.4. The van der Waals surface area contributed by atoms with Gasteiger partial charge in [0, 0.05) is 49.6 Å². The number of amides is 1. The summed E-state index contributed by atoms with van der Waals surface area (Å²) in [5, 5.41) is 4.83. The Balaban J connectivity index is 1.39. The lowest BCUT2D eigenvalue weighted by molar-refractivity contribution is 0.0298. The minimum absolute atomic E-state index is 0.0901. The van der Waals surface area contributed by atoms with Crippen LogP contribution in [-0.2, 0) is 21.8 Å². The Bertz CT molecular complexity index is 1230. The second-order valence-corrected chi connectivity index (χ2v) is 9.94. The third-order valence-electron chi connectivity index (χ3n) is 6.76. The van der Waals surface area contributed by atoms with Gasteiger partial charge in [0.05, 0.1) is 42.7 Å². The first-order valence-electron chi connectivity index (χ1n) is 12.0. The molecule has 0 N–H and O–H groups in total. The van der Waals surface area contributed by atoms with E-state index in [1.54, 1.807) is 11.0 Å². The molecule has 182 valence electrons. The quantitative estimate of drug-likeness (QED) is 0.553. The molecule has 3 aromatic rings. The van der Waals surface area contributed by atoms with E-state index in [1.165, 1.54) is 23.4 Å². The first-order chi connectivity index (χ1) is 17.2. The van der Waals surface area contributed by atoms with E-state index in [0.717, 1.165) is 55.4 Å². The highest BCUT2D eigenvalue weighted by Gasteiger charge is 2.32. The zero-order chi connectivity index (χ0) is 23.8. The maximum Gasteiger partial charge on any atom is 0.274 e. The van der Waals surface area contributed by atoms with Crippen molar-refractivity contribution >= 4 is 17.7 Å². The molecule has 2 aromatic carbocycles. The number of benzene rings is 2. The molecule has 3 aliphatic rings. The van der Waals surface area contributed by atoms with Crippen LogP contribution >= 0.6 is 11.8 Å². The van der Waals surface area contributed by atoms with Gasteiger partial charge < -0.3 is 14.4 Å². The molecular formula is C26H27FN4O3S. The van der Waals surface area contributed by atoms with E-state index in [0.29, 0.717) is 42.6 Å². The molecule has 0 bridgehead atoms. The van der Waals surface area contributed by atoms with Crippen molar-refractivity contribution in [3.8, 4) is 16.9 Å². The summed E-state index contributed by atoms with van der Waals surface area (Å²) >= 11 is 1.43. The van der Waals surface area contributed by atoms with Crippen molar-refractivity contribution in [2.75, 3.05) is 52.6 Å². The van der Waals surface area contributed by atoms with Crippen LogP contribution < -0.4 is 0 Å². The lowest BCUT2D eigenvalue weighted by Crippen LogP contribution is -2.41. The second-order valence-electron chi connectivity index (χ2n) is 8.95. The monoisotopic (exact) mass is 494 g/mol. The standard InChI is InChI=1S/C26H27FN4O3S/c27-22-3-1-2-20-24-21(17-35-25(20)22)23(26(32)30-10-14-34-15-11-30)28-31(24)19-6-4-18(5-7-19)16-29-8-12-33-13-9-29/h1-7H,8-17H2. The molecule has 0 atom stereocenters. The van der Waals surface area contributed by atoms with Gasteiger partial charge in [-0.25, -0.2) is 9.07 Å². The first-order valence-corrected chi connectivity index (χ1v) is 13.0. The molecule has 2 fully saturated rings. The van der Waals surface area contributed by atoms with Gasteiger partial charge in [-0.15, -0.1) is 11.8 Å². The number of morpholine rings is 2. The Kier molecular flexibility index (Phi) is 6.32. The Morgan fingerprint density at radius 1 is 0.971 bits per heavy atom. The minimum atomic E-state index is -0.243. The van der Waals surface area contributed by atoms with Gasteiger partial charge in [0.2, 0.25) is 0 Å². The summed E-state index contributed by atoms with van der Waals surface area (Å²) in [5.41, 5.74) is 4.96. The largest absolute Gasteiger partial charge is 0.379 e. The van der Waals surface area contributed by atoms with E-state index in [4.69, 9.17) is 14.6 Å². The van der Waals surface area contributed by atoms with Crippen molar-refractivity contribution < 1.29 is 18.7 Å². The average molecular weight is 495 g/mol. The summed E-state index contributed by atoms with van der Waals surface area (Å²) in [4.78, 5) is 18.3. The molecule has 9 heteroatoms. The number of halogens is 1. The molecule has 6 rings (SSSR count). The molecule has 0 unspecified atom stereocenters. The number of fused-ring (bicyclic) bond motifs is 3. The first kappa shape index (κ1) is 22.7. The molecule has 4 heterocycles. The lowest BCUT2D eigenvalue weighted by Gasteiger charge is -2.26. The van der Waals surface area contributed by atoms with Gasteiger partial charge in [-0.2, -0.15) is 5.10 Å². The number of nitrogens with zero attached hydrogens (tertiary/aromatic N) is 4. The van der Waals surface area contributed by atoms with Crippen molar-refractivity contribution in [2.24, 2.45) is 0 Å². The van der Waals surface area contributed by atoms with Crippen LogP contribution in [0, 0.1) is 5.82 Å². The fraction of sp³-hybridized carbons (Fsp3) is 0.385. The smallest absolute Gasteiger partial charge is 0.274 e. The number of hydrogen-bond acceptors (Lipinski definition) is 6. The van der Waals surface area contributed by atoms with Gasteiger partial charge >= 0.3 is 0 Å².